The number of esters is 1. The van der Waals surface area contributed by atoms with Crippen molar-refractivity contribution in [2.24, 2.45) is 23.5 Å². The molecule has 1 aromatic heterocycles. The molecule has 2 aliphatic rings. The zero-order chi connectivity index (χ0) is 66.0. The van der Waals surface area contributed by atoms with Gasteiger partial charge in [-0.05, 0) is 139 Å². The number of likely N-dealkylation sites (tertiary alicyclic amines) is 2. The fourth-order valence-corrected chi connectivity index (χ4v) is 11.1. The first-order valence-electron chi connectivity index (χ1n) is 31.2. The first-order chi connectivity index (χ1) is 43.3. The Morgan fingerprint density at radius 2 is 1.42 bits per heavy atom. The molecule has 3 heterocycles. The molecule has 2 unspecified atom stereocenters. The lowest BCUT2D eigenvalue weighted by Gasteiger charge is -2.32. The first-order valence-corrected chi connectivity index (χ1v) is 31.2. The Balaban J connectivity index is 0.985. The number of carbonyl (C=O) groups excluding carboxylic acids is 9. The number of para-hydroxylation sites is 1. The monoisotopic (exact) mass is 1250 g/mol. The Labute approximate surface area is 531 Å². The standard InChI is InChI=1S/C68H88N10O13/c1-42(2)38-49(72-65(86)91-67(6,7)8)31-30-48(39-45-20-12-10-13-21-45)61(83)77-36-18-27-54(77)59(81)75-55(43(3)4)60(82)73-53(26-17-35-70-64(85)88-40-46-22-14-11-15-23-46)58(80)71-44(5)62(84)90-50-32-28-47(29-33-50)41-89-66(87)78-37-19-34-68(78,9)63-74-52-25-16-24-51(57(69)79)56(52)76-63/h10-16,20-25,28-33,42-44,48-49,53-55H,17-19,26-27,34-41H2,1-9H3,(H2,69,79)(H,70,85)(H,71,80)(H,72,86)(H,73,82)(H,74,76)(H,75,81)/b31-30+/t44-,48?,49+,53-,54-,55-,68?/m0/s1. The zero-order valence-corrected chi connectivity index (χ0v) is 53.5. The van der Waals surface area contributed by atoms with Gasteiger partial charge in [0.2, 0.25) is 23.6 Å². The summed E-state index contributed by atoms with van der Waals surface area (Å²) in [4.78, 5) is 134. The lowest BCUT2D eigenvalue weighted by atomic mass is 9.94. The molecular weight excluding hydrogens is 1160 g/mol. The van der Waals surface area contributed by atoms with E-state index >= 15 is 0 Å². The minimum atomic E-state index is -1.28. The predicted octanol–water partition coefficient (Wildman–Crippen LogP) is 8.40. The molecular formula is C68H88N10O13. The van der Waals surface area contributed by atoms with Gasteiger partial charge in [-0.25, -0.2) is 24.2 Å². The Morgan fingerprint density at radius 1 is 0.747 bits per heavy atom. The van der Waals surface area contributed by atoms with Gasteiger partial charge in [-0.3, -0.25) is 28.9 Å². The van der Waals surface area contributed by atoms with Crippen LogP contribution in [0.2, 0.25) is 0 Å². The summed E-state index contributed by atoms with van der Waals surface area (Å²) in [5.41, 5.74) is 7.58. The number of hydrogen-bond acceptors (Lipinski definition) is 14. The van der Waals surface area contributed by atoms with Gasteiger partial charge in [0.15, 0.2) is 0 Å². The number of nitrogens with one attached hydrogen (secondary N) is 6. The van der Waals surface area contributed by atoms with Crippen LogP contribution in [0.1, 0.15) is 140 Å². The van der Waals surface area contributed by atoms with E-state index < -0.39 is 101 Å². The van der Waals surface area contributed by atoms with Gasteiger partial charge in [-0.15, -0.1) is 0 Å². The second-order valence-electron chi connectivity index (χ2n) is 25.2. The summed E-state index contributed by atoms with van der Waals surface area (Å²) in [6.45, 7) is 16.8. The molecule has 8 amide bonds. The molecule has 2 saturated heterocycles. The number of hydrogen-bond donors (Lipinski definition) is 7. The summed E-state index contributed by atoms with van der Waals surface area (Å²) < 4.78 is 22.3. The second-order valence-corrected chi connectivity index (χ2v) is 25.2. The Kier molecular flexibility index (Phi) is 24.3. The third-order valence-electron chi connectivity index (χ3n) is 15.9. The highest BCUT2D eigenvalue weighted by molar-refractivity contribution is 6.04. The number of amides is 8. The quantitative estimate of drug-likeness (QED) is 0.00854. The van der Waals surface area contributed by atoms with Crippen LogP contribution >= 0.6 is 0 Å². The molecule has 23 heteroatoms. The smallest absolute Gasteiger partial charge is 0.410 e. The van der Waals surface area contributed by atoms with Crippen molar-refractivity contribution in [2.75, 3.05) is 19.6 Å². The molecule has 2 fully saturated rings. The fraction of sp³-hybridized carbons (Fsp3) is 0.471. The highest BCUT2D eigenvalue weighted by atomic mass is 16.6. The van der Waals surface area contributed by atoms with Crippen molar-refractivity contribution in [3.63, 3.8) is 0 Å². The number of fused-ring (bicyclic) bond motifs is 1. The molecule has 5 aromatic rings. The molecule has 0 aliphatic carbocycles. The number of nitrogens with two attached hydrogens (primary N) is 1. The number of aromatic amines is 1. The molecule has 0 radical (unpaired) electrons. The van der Waals surface area contributed by atoms with Crippen LogP contribution < -0.4 is 37.1 Å². The summed E-state index contributed by atoms with van der Waals surface area (Å²) in [5, 5.41) is 13.9. The van der Waals surface area contributed by atoms with Gasteiger partial charge in [0.1, 0.15) is 65.6 Å². The maximum Gasteiger partial charge on any atom is 0.410 e. The number of imidazole rings is 1. The Bertz CT molecular complexity index is 3370. The third kappa shape index (κ3) is 19.9. The maximum absolute atomic E-state index is 14.7. The lowest BCUT2D eigenvalue weighted by molar-refractivity contribution is -0.141. The van der Waals surface area contributed by atoms with E-state index in [0.29, 0.717) is 67.5 Å². The number of H-pyrrole nitrogens is 1. The molecule has 488 valence electrons. The molecule has 0 saturated carbocycles. The van der Waals surface area contributed by atoms with E-state index in [-0.39, 0.29) is 62.3 Å². The largest absolute Gasteiger partial charge is 0.445 e. The SMILES string of the molecule is CC(C)C[C@@H](/C=C/C(Cc1ccccc1)C(=O)N1CCC[C@H]1C(=O)N[C@H](C(=O)N[C@@H](CCCNC(=O)OCc1ccccc1)C(=O)N[C@@H](C)C(=O)Oc1ccc(COC(=O)N2CCCC2(C)c2nc3c(C(N)=O)cccc3[nH]2)cc1)C(C)C)NC(=O)OC(C)(C)C. The topological polar surface area (TPSA) is 312 Å². The highest BCUT2D eigenvalue weighted by Gasteiger charge is 2.45. The van der Waals surface area contributed by atoms with E-state index in [1.165, 1.54) is 19.1 Å². The summed E-state index contributed by atoms with van der Waals surface area (Å²) in [7, 11) is 0. The minimum absolute atomic E-state index is 0.0235. The van der Waals surface area contributed by atoms with E-state index in [2.05, 4.69) is 36.6 Å². The predicted molar refractivity (Wildman–Crippen MR) is 340 cm³/mol. The van der Waals surface area contributed by atoms with E-state index in [4.69, 9.17) is 24.7 Å². The van der Waals surface area contributed by atoms with E-state index in [0.717, 1.165) is 11.1 Å². The summed E-state index contributed by atoms with van der Waals surface area (Å²) in [5.74, 6) is -4.16. The van der Waals surface area contributed by atoms with Crippen LogP contribution in [0.25, 0.3) is 11.0 Å². The normalized spacial score (nSPS) is 17.4. The number of rotatable bonds is 27. The van der Waals surface area contributed by atoms with E-state index in [1.807, 2.05) is 87.5 Å². The third-order valence-corrected chi connectivity index (χ3v) is 15.9. The zero-order valence-electron chi connectivity index (χ0n) is 53.5. The lowest BCUT2D eigenvalue weighted by Crippen LogP contribution is -2.59. The van der Waals surface area contributed by atoms with Crippen molar-refractivity contribution in [3.05, 3.63) is 143 Å². The molecule has 4 aromatic carbocycles. The molecule has 7 rings (SSSR count). The number of alkyl carbamates (subject to hydrolysis) is 2. The fourth-order valence-electron chi connectivity index (χ4n) is 11.1. The minimum Gasteiger partial charge on any atom is -0.445 e. The average Bonchev–Trinajstić information content (AvgIpc) is 1.73. The highest BCUT2D eigenvalue weighted by Crippen LogP contribution is 2.39. The van der Waals surface area contributed by atoms with Gasteiger partial charge in [0.25, 0.3) is 5.91 Å². The summed E-state index contributed by atoms with van der Waals surface area (Å²) >= 11 is 0. The number of aromatic nitrogens is 2. The van der Waals surface area contributed by atoms with Crippen molar-refractivity contribution in [2.45, 2.75) is 168 Å². The van der Waals surface area contributed by atoms with Gasteiger partial charge in [-0.2, -0.15) is 0 Å². The number of carbonyl (C=O) groups is 9. The first kappa shape index (κ1) is 69.2. The Morgan fingerprint density at radius 3 is 2.08 bits per heavy atom. The number of benzene rings is 4. The van der Waals surface area contributed by atoms with E-state index in [9.17, 15) is 43.2 Å². The van der Waals surface area contributed by atoms with Crippen molar-refractivity contribution in [1.82, 2.24) is 46.4 Å². The average molecular weight is 1250 g/mol. The van der Waals surface area contributed by atoms with Crippen molar-refractivity contribution in [1.29, 1.82) is 0 Å². The van der Waals surface area contributed by atoms with E-state index in [1.54, 1.807) is 80.8 Å². The van der Waals surface area contributed by atoms with Crippen molar-refractivity contribution < 1.29 is 62.1 Å². The summed E-state index contributed by atoms with van der Waals surface area (Å²) in [6.07, 6.45) is 4.91. The molecule has 7 atom stereocenters. The van der Waals surface area contributed by atoms with Crippen LogP contribution in [-0.4, -0.2) is 129 Å². The van der Waals surface area contributed by atoms with Gasteiger partial charge >= 0.3 is 24.2 Å². The summed E-state index contributed by atoms with van der Waals surface area (Å²) in [6, 6.07) is 24.9. The molecule has 0 spiro atoms. The molecule has 2 aliphatic heterocycles. The second kappa shape index (κ2) is 31.9. The van der Waals surface area contributed by atoms with Gasteiger partial charge in [0, 0.05) is 19.6 Å². The number of ether oxygens (including phenoxy) is 4. The van der Waals surface area contributed by atoms with Crippen LogP contribution in [0.3, 0.4) is 0 Å². The van der Waals surface area contributed by atoms with Gasteiger partial charge in [0.05, 0.1) is 23.0 Å². The van der Waals surface area contributed by atoms with Crippen molar-refractivity contribution in [3.8, 4) is 5.75 Å². The van der Waals surface area contributed by atoms with Crippen molar-refractivity contribution >= 4 is 64.8 Å². The number of primary amides is 1. The van der Waals surface area contributed by atoms with Crippen LogP contribution in [0.15, 0.2) is 115 Å². The van der Waals surface area contributed by atoms with Gasteiger partial charge in [-0.1, -0.05) is 119 Å². The number of nitrogens with zero attached hydrogens (tertiary/aromatic N) is 3. The Hall–Kier alpha value is -9.28. The van der Waals surface area contributed by atoms with Crippen LogP contribution in [0.5, 0.6) is 5.75 Å². The molecule has 0 bridgehead atoms. The van der Waals surface area contributed by atoms with Crippen LogP contribution in [0.4, 0.5) is 14.4 Å². The molecule has 23 nitrogen and oxygen atoms in total. The molecule has 91 heavy (non-hydrogen) atoms. The molecule has 8 N–H and O–H groups in total. The van der Waals surface area contributed by atoms with Crippen LogP contribution in [0, 0.1) is 17.8 Å². The van der Waals surface area contributed by atoms with Crippen LogP contribution in [-0.2, 0) is 63.4 Å². The maximum atomic E-state index is 14.7. The van der Waals surface area contributed by atoms with Gasteiger partial charge < -0.3 is 61.1 Å².